The summed E-state index contributed by atoms with van der Waals surface area (Å²) in [5, 5.41) is 2.58. The van der Waals surface area contributed by atoms with Crippen LogP contribution in [0.25, 0.3) is 49.9 Å². The Morgan fingerprint density at radius 3 is 2.32 bits per heavy atom. The molecule has 34 heavy (non-hydrogen) atoms. The fraction of sp³-hybridized carbons (Fsp3) is 0.0938. The van der Waals surface area contributed by atoms with E-state index >= 15 is 0 Å². The highest BCUT2D eigenvalue weighted by molar-refractivity contribution is 6.11. The largest absolute Gasteiger partial charge is 0.309 e. The summed E-state index contributed by atoms with van der Waals surface area (Å²) in [6, 6.07) is 37.2. The molecule has 0 radical (unpaired) electrons. The molecule has 0 aliphatic heterocycles. The Bertz CT molecular complexity index is 1720. The Morgan fingerprint density at radius 2 is 1.44 bits per heavy atom. The molecule has 0 N–H and O–H groups in total. The molecule has 0 unspecified atom stereocenters. The second-order valence-corrected chi connectivity index (χ2v) is 9.70. The quantitative estimate of drug-likeness (QED) is 0.268. The molecule has 162 valence electrons. The van der Waals surface area contributed by atoms with Crippen molar-refractivity contribution in [2.75, 3.05) is 0 Å². The van der Waals surface area contributed by atoms with Gasteiger partial charge in [0.1, 0.15) is 0 Å². The smallest absolute Gasteiger partial charge is 0.0702 e. The highest BCUT2D eigenvalue weighted by Crippen LogP contribution is 2.50. The average Bonchev–Trinajstić information content (AvgIpc) is 3.33. The van der Waals surface area contributed by atoms with E-state index in [1.807, 2.05) is 18.3 Å². The molecule has 7 rings (SSSR count). The van der Waals surface area contributed by atoms with Gasteiger partial charge in [-0.2, -0.15) is 0 Å². The Hall–Kier alpha value is -4.17. The van der Waals surface area contributed by atoms with Crippen molar-refractivity contribution in [2.24, 2.45) is 0 Å². The number of para-hydroxylation sites is 1. The van der Waals surface area contributed by atoms with E-state index in [0.29, 0.717) is 0 Å². The first-order chi connectivity index (χ1) is 16.6. The molecule has 0 spiro atoms. The van der Waals surface area contributed by atoms with Crippen molar-refractivity contribution in [3.8, 4) is 28.1 Å². The van der Waals surface area contributed by atoms with E-state index in [2.05, 4.69) is 114 Å². The van der Waals surface area contributed by atoms with Gasteiger partial charge in [-0.25, -0.2) is 0 Å². The minimum atomic E-state index is -0.0305. The monoisotopic (exact) mass is 436 g/mol. The van der Waals surface area contributed by atoms with E-state index in [1.165, 1.54) is 44.1 Å². The summed E-state index contributed by atoms with van der Waals surface area (Å²) in [5.41, 5.74) is 11.2. The van der Waals surface area contributed by atoms with Crippen LogP contribution in [0, 0.1) is 0 Å². The maximum atomic E-state index is 4.58. The van der Waals surface area contributed by atoms with Crippen LogP contribution in [0.5, 0.6) is 0 Å². The molecule has 1 aliphatic rings. The van der Waals surface area contributed by atoms with Crippen LogP contribution in [0.4, 0.5) is 0 Å². The third-order valence-corrected chi connectivity index (χ3v) is 7.44. The Morgan fingerprint density at radius 1 is 0.618 bits per heavy atom. The SMILES string of the molecule is CC1(C)c2ccccc2-c2cc3c4ccccc4n(-c4cccc(-c5ccccn5)c4)c3cc21. The minimum absolute atomic E-state index is 0.0305. The molecular weight excluding hydrogens is 412 g/mol. The van der Waals surface area contributed by atoms with Gasteiger partial charge in [0.05, 0.1) is 16.7 Å². The summed E-state index contributed by atoms with van der Waals surface area (Å²) in [6.07, 6.45) is 1.85. The van der Waals surface area contributed by atoms with Gasteiger partial charge >= 0.3 is 0 Å². The van der Waals surface area contributed by atoms with Gasteiger partial charge in [-0.3, -0.25) is 4.98 Å². The molecule has 0 fully saturated rings. The van der Waals surface area contributed by atoms with E-state index in [4.69, 9.17) is 0 Å². The number of fused-ring (bicyclic) bond motifs is 6. The van der Waals surface area contributed by atoms with E-state index < -0.39 is 0 Å². The van der Waals surface area contributed by atoms with Crippen molar-refractivity contribution in [1.82, 2.24) is 9.55 Å². The fourth-order valence-corrected chi connectivity index (χ4v) is 5.78. The van der Waals surface area contributed by atoms with Crippen LogP contribution < -0.4 is 0 Å². The summed E-state index contributed by atoms with van der Waals surface area (Å²) in [6.45, 7) is 4.69. The fourth-order valence-electron chi connectivity index (χ4n) is 5.78. The van der Waals surface area contributed by atoms with Crippen molar-refractivity contribution in [3.05, 3.63) is 120 Å². The lowest BCUT2D eigenvalue weighted by Gasteiger charge is -2.21. The maximum Gasteiger partial charge on any atom is 0.0702 e. The second kappa shape index (κ2) is 6.91. The molecule has 0 saturated heterocycles. The van der Waals surface area contributed by atoms with E-state index in [0.717, 1.165) is 16.9 Å². The Balaban J connectivity index is 1.55. The van der Waals surface area contributed by atoms with Gasteiger partial charge in [-0.15, -0.1) is 0 Å². The van der Waals surface area contributed by atoms with Crippen molar-refractivity contribution in [3.63, 3.8) is 0 Å². The lowest BCUT2D eigenvalue weighted by Crippen LogP contribution is -2.14. The highest BCUT2D eigenvalue weighted by atomic mass is 15.0. The van der Waals surface area contributed by atoms with E-state index in [1.54, 1.807) is 0 Å². The molecule has 4 aromatic carbocycles. The number of benzene rings is 4. The van der Waals surface area contributed by atoms with Gasteiger partial charge < -0.3 is 4.57 Å². The van der Waals surface area contributed by atoms with Crippen LogP contribution in [0.3, 0.4) is 0 Å². The molecule has 0 atom stereocenters. The third kappa shape index (κ3) is 2.60. The molecule has 0 amide bonds. The van der Waals surface area contributed by atoms with Crippen LogP contribution in [-0.4, -0.2) is 9.55 Å². The zero-order valence-electron chi connectivity index (χ0n) is 19.3. The van der Waals surface area contributed by atoms with Gasteiger partial charge in [0.25, 0.3) is 0 Å². The molecule has 6 aromatic rings. The first-order valence-electron chi connectivity index (χ1n) is 11.8. The highest BCUT2D eigenvalue weighted by Gasteiger charge is 2.36. The molecule has 1 aliphatic carbocycles. The van der Waals surface area contributed by atoms with Gasteiger partial charge in [0.2, 0.25) is 0 Å². The van der Waals surface area contributed by atoms with Crippen molar-refractivity contribution < 1.29 is 0 Å². The Labute approximate surface area is 199 Å². The minimum Gasteiger partial charge on any atom is -0.309 e. The predicted octanol–water partition coefficient (Wildman–Crippen LogP) is 8.15. The topological polar surface area (TPSA) is 17.8 Å². The van der Waals surface area contributed by atoms with Crippen LogP contribution in [0.2, 0.25) is 0 Å². The van der Waals surface area contributed by atoms with Crippen molar-refractivity contribution in [1.29, 1.82) is 0 Å². The number of rotatable bonds is 2. The lowest BCUT2D eigenvalue weighted by molar-refractivity contribution is 0.661. The summed E-state index contributed by atoms with van der Waals surface area (Å²) in [7, 11) is 0. The standard InChI is InChI=1S/C32H24N2/c1-32(2)27-14-5-3-12-23(27)25-19-26-24-13-4-6-16-30(24)34(31(26)20-28(25)32)22-11-9-10-21(18-22)29-15-7-8-17-33-29/h3-20H,1-2H3. The molecular formula is C32H24N2. The Kier molecular flexibility index (Phi) is 3.93. The molecule has 2 heterocycles. The zero-order valence-corrected chi connectivity index (χ0v) is 19.3. The summed E-state index contributed by atoms with van der Waals surface area (Å²) < 4.78 is 2.41. The van der Waals surface area contributed by atoms with Crippen molar-refractivity contribution in [2.45, 2.75) is 19.3 Å². The normalized spacial score (nSPS) is 13.8. The van der Waals surface area contributed by atoms with E-state index in [-0.39, 0.29) is 5.41 Å². The number of aromatic nitrogens is 2. The number of hydrogen-bond donors (Lipinski definition) is 0. The molecule has 2 nitrogen and oxygen atoms in total. The van der Waals surface area contributed by atoms with Crippen LogP contribution >= 0.6 is 0 Å². The summed E-state index contributed by atoms with van der Waals surface area (Å²) >= 11 is 0. The van der Waals surface area contributed by atoms with Crippen LogP contribution in [-0.2, 0) is 5.41 Å². The van der Waals surface area contributed by atoms with Gasteiger partial charge in [0, 0.05) is 33.6 Å². The first kappa shape index (κ1) is 19.3. The van der Waals surface area contributed by atoms with Crippen LogP contribution in [0.15, 0.2) is 109 Å². The zero-order chi connectivity index (χ0) is 22.9. The third-order valence-electron chi connectivity index (χ3n) is 7.44. The number of hydrogen-bond acceptors (Lipinski definition) is 1. The van der Waals surface area contributed by atoms with Gasteiger partial charge in [0.15, 0.2) is 0 Å². The van der Waals surface area contributed by atoms with Crippen LogP contribution in [0.1, 0.15) is 25.0 Å². The molecule has 0 saturated carbocycles. The number of nitrogens with zero attached hydrogens (tertiary/aromatic N) is 2. The maximum absolute atomic E-state index is 4.58. The molecule has 2 aromatic heterocycles. The van der Waals surface area contributed by atoms with Gasteiger partial charge in [-0.1, -0.05) is 74.5 Å². The first-order valence-corrected chi connectivity index (χ1v) is 11.8. The summed E-state index contributed by atoms with van der Waals surface area (Å²) in [5.74, 6) is 0. The predicted molar refractivity (Wildman–Crippen MR) is 142 cm³/mol. The average molecular weight is 437 g/mol. The lowest BCUT2D eigenvalue weighted by atomic mass is 9.82. The molecule has 2 heteroatoms. The second-order valence-electron chi connectivity index (χ2n) is 9.70. The van der Waals surface area contributed by atoms with E-state index in [9.17, 15) is 0 Å². The van der Waals surface area contributed by atoms with Crippen molar-refractivity contribution >= 4 is 21.8 Å². The van der Waals surface area contributed by atoms with Gasteiger partial charge in [-0.05, 0) is 64.7 Å². The summed E-state index contributed by atoms with van der Waals surface area (Å²) in [4.78, 5) is 4.58. The number of pyridine rings is 1. The molecule has 0 bridgehead atoms.